The summed E-state index contributed by atoms with van der Waals surface area (Å²) < 4.78 is 0. The fraction of sp³-hybridized carbons (Fsp3) is 0.333. The van der Waals surface area contributed by atoms with Crippen molar-refractivity contribution in [2.24, 2.45) is 5.10 Å². The largest absolute Gasteiger partial charge is 0.303 e. The van der Waals surface area contributed by atoms with Crippen LogP contribution in [0.15, 0.2) is 35.4 Å². The Bertz CT molecular complexity index is 309. The number of hydrazone groups is 1. The molecule has 0 spiro atoms. The maximum atomic E-state index is 10.1. The van der Waals surface area contributed by atoms with Gasteiger partial charge in [0.05, 0.1) is 6.54 Å². The van der Waals surface area contributed by atoms with Gasteiger partial charge in [0.25, 0.3) is 0 Å². The molecule has 0 saturated carbocycles. The van der Waals surface area contributed by atoms with E-state index in [4.69, 9.17) is 0 Å². The fourth-order valence-corrected chi connectivity index (χ4v) is 1.23. The number of hydrogen-bond donors (Lipinski definition) is 0. The zero-order valence-corrected chi connectivity index (χ0v) is 8.97. The van der Waals surface area contributed by atoms with E-state index in [1.807, 2.05) is 30.3 Å². The second kappa shape index (κ2) is 6.76. The number of unbranched alkanes of at least 4 members (excludes halogenated alkanes) is 1. The van der Waals surface area contributed by atoms with Crippen LogP contribution >= 0.6 is 0 Å². The van der Waals surface area contributed by atoms with Crippen molar-refractivity contribution >= 4 is 12.5 Å². The molecule has 0 unspecified atom stereocenters. The first kappa shape index (κ1) is 11.4. The predicted molar refractivity (Wildman–Crippen MR) is 61.7 cm³/mol. The van der Waals surface area contributed by atoms with E-state index in [1.54, 1.807) is 6.21 Å². The first-order valence-electron chi connectivity index (χ1n) is 5.04. The molecule has 0 aliphatic heterocycles. The second-order valence-corrected chi connectivity index (χ2v) is 3.34. The predicted octanol–water partition coefficient (Wildman–Crippen LogP) is 2.08. The second-order valence-electron chi connectivity index (χ2n) is 3.34. The van der Waals surface area contributed by atoms with Crippen LogP contribution in [0, 0.1) is 0 Å². The SMILES string of the molecule is CN(Cc1ccccc1)/N=C/CCC=O. The smallest absolute Gasteiger partial charge is 0.120 e. The highest BCUT2D eigenvalue weighted by atomic mass is 16.1. The molecule has 80 valence electrons. The summed E-state index contributed by atoms with van der Waals surface area (Å²) in [5.41, 5.74) is 1.23. The van der Waals surface area contributed by atoms with Crippen LogP contribution in [0.1, 0.15) is 18.4 Å². The summed E-state index contributed by atoms with van der Waals surface area (Å²) in [6, 6.07) is 10.2. The molecule has 15 heavy (non-hydrogen) atoms. The maximum absolute atomic E-state index is 10.1. The van der Waals surface area contributed by atoms with Gasteiger partial charge in [0.15, 0.2) is 0 Å². The quantitative estimate of drug-likeness (QED) is 0.307. The van der Waals surface area contributed by atoms with Crippen molar-refractivity contribution in [3.05, 3.63) is 35.9 Å². The van der Waals surface area contributed by atoms with Crippen LogP contribution in [-0.4, -0.2) is 24.6 Å². The topological polar surface area (TPSA) is 32.7 Å². The maximum Gasteiger partial charge on any atom is 0.120 e. The van der Waals surface area contributed by atoms with E-state index in [9.17, 15) is 4.79 Å². The van der Waals surface area contributed by atoms with Gasteiger partial charge in [-0.05, 0) is 12.0 Å². The van der Waals surface area contributed by atoms with E-state index >= 15 is 0 Å². The zero-order chi connectivity index (χ0) is 10.9. The van der Waals surface area contributed by atoms with Crippen LogP contribution in [0.3, 0.4) is 0 Å². The summed E-state index contributed by atoms with van der Waals surface area (Å²) in [5.74, 6) is 0. The van der Waals surface area contributed by atoms with Crippen LogP contribution < -0.4 is 0 Å². The Morgan fingerprint density at radius 1 is 1.27 bits per heavy atom. The lowest BCUT2D eigenvalue weighted by Crippen LogP contribution is -2.10. The van der Waals surface area contributed by atoms with Crippen LogP contribution in [0.2, 0.25) is 0 Å². The molecule has 0 amide bonds. The Balaban J connectivity index is 2.32. The number of rotatable bonds is 6. The van der Waals surface area contributed by atoms with Gasteiger partial charge in [-0.15, -0.1) is 0 Å². The van der Waals surface area contributed by atoms with E-state index in [1.165, 1.54) is 5.56 Å². The molecule has 0 fully saturated rings. The van der Waals surface area contributed by atoms with Crippen LogP contribution in [0.25, 0.3) is 0 Å². The fourth-order valence-electron chi connectivity index (χ4n) is 1.23. The molecule has 1 aromatic rings. The lowest BCUT2D eigenvalue weighted by molar-refractivity contribution is -0.107. The monoisotopic (exact) mass is 204 g/mol. The van der Waals surface area contributed by atoms with E-state index in [0.717, 1.165) is 12.8 Å². The number of carbonyl (C=O) groups excluding carboxylic acids is 1. The van der Waals surface area contributed by atoms with Crippen LogP contribution in [0.5, 0.6) is 0 Å². The number of nitrogens with zero attached hydrogens (tertiary/aromatic N) is 2. The van der Waals surface area contributed by atoms with Gasteiger partial charge in [-0.3, -0.25) is 5.01 Å². The molecular weight excluding hydrogens is 188 g/mol. The molecule has 1 aromatic carbocycles. The Morgan fingerprint density at radius 3 is 2.67 bits per heavy atom. The minimum absolute atomic E-state index is 0.544. The summed E-state index contributed by atoms with van der Waals surface area (Å²) in [5, 5.41) is 6.07. The summed E-state index contributed by atoms with van der Waals surface area (Å²) in [6.07, 6.45) is 3.94. The normalized spacial score (nSPS) is 10.5. The zero-order valence-electron chi connectivity index (χ0n) is 8.97. The van der Waals surface area contributed by atoms with Crippen molar-refractivity contribution in [1.82, 2.24) is 5.01 Å². The van der Waals surface area contributed by atoms with E-state index < -0.39 is 0 Å². The van der Waals surface area contributed by atoms with Crippen molar-refractivity contribution in [3.8, 4) is 0 Å². The Hall–Kier alpha value is -1.64. The molecule has 0 atom stereocenters. The highest BCUT2D eigenvalue weighted by Gasteiger charge is 1.94. The van der Waals surface area contributed by atoms with Gasteiger partial charge < -0.3 is 4.79 Å². The summed E-state index contributed by atoms with van der Waals surface area (Å²) >= 11 is 0. The summed E-state index contributed by atoms with van der Waals surface area (Å²) in [7, 11) is 1.92. The summed E-state index contributed by atoms with van der Waals surface area (Å²) in [6.45, 7) is 0.790. The summed E-state index contributed by atoms with van der Waals surface area (Å²) in [4.78, 5) is 10.1. The Labute approximate surface area is 90.4 Å². The van der Waals surface area contributed by atoms with Gasteiger partial charge in [0, 0.05) is 19.7 Å². The number of hydrogen-bond acceptors (Lipinski definition) is 3. The third-order valence-corrected chi connectivity index (χ3v) is 1.95. The van der Waals surface area contributed by atoms with Gasteiger partial charge in [-0.25, -0.2) is 0 Å². The average Bonchev–Trinajstić information content (AvgIpc) is 2.26. The van der Waals surface area contributed by atoms with Crippen molar-refractivity contribution in [2.45, 2.75) is 19.4 Å². The average molecular weight is 204 g/mol. The third-order valence-electron chi connectivity index (χ3n) is 1.95. The highest BCUT2D eigenvalue weighted by Crippen LogP contribution is 2.02. The molecule has 3 heteroatoms. The minimum Gasteiger partial charge on any atom is -0.303 e. The highest BCUT2D eigenvalue weighted by molar-refractivity contribution is 5.62. The molecule has 0 aromatic heterocycles. The molecule has 3 nitrogen and oxygen atoms in total. The van der Waals surface area contributed by atoms with Gasteiger partial charge in [0.2, 0.25) is 0 Å². The van der Waals surface area contributed by atoms with Crippen molar-refractivity contribution < 1.29 is 4.79 Å². The molecule has 0 saturated heterocycles. The number of carbonyl (C=O) groups is 1. The van der Waals surface area contributed by atoms with Gasteiger partial charge in [-0.1, -0.05) is 30.3 Å². The van der Waals surface area contributed by atoms with Crippen molar-refractivity contribution in [1.29, 1.82) is 0 Å². The molecule has 0 N–H and O–H groups in total. The van der Waals surface area contributed by atoms with Gasteiger partial charge in [-0.2, -0.15) is 5.10 Å². The molecule has 0 aliphatic carbocycles. The van der Waals surface area contributed by atoms with E-state index in [-0.39, 0.29) is 0 Å². The van der Waals surface area contributed by atoms with Crippen molar-refractivity contribution in [2.75, 3.05) is 7.05 Å². The van der Waals surface area contributed by atoms with E-state index in [2.05, 4.69) is 17.2 Å². The third kappa shape index (κ3) is 4.96. The van der Waals surface area contributed by atoms with Crippen molar-refractivity contribution in [3.63, 3.8) is 0 Å². The molecule has 1 rings (SSSR count). The Kier molecular flexibility index (Phi) is 5.15. The van der Waals surface area contributed by atoms with Crippen LogP contribution in [-0.2, 0) is 11.3 Å². The number of aldehydes is 1. The van der Waals surface area contributed by atoms with Crippen LogP contribution in [0.4, 0.5) is 0 Å². The van der Waals surface area contributed by atoms with Gasteiger partial charge >= 0.3 is 0 Å². The first-order valence-corrected chi connectivity index (χ1v) is 5.04. The minimum atomic E-state index is 0.544. The van der Waals surface area contributed by atoms with E-state index in [0.29, 0.717) is 12.8 Å². The molecule has 0 radical (unpaired) electrons. The standard InChI is InChI=1S/C12H16N2O/c1-14(13-9-5-6-10-15)11-12-7-3-2-4-8-12/h2-4,7-10H,5-6,11H2,1H3/b13-9+. The van der Waals surface area contributed by atoms with Gasteiger partial charge in [0.1, 0.15) is 6.29 Å². The molecule has 0 bridgehead atoms. The first-order chi connectivity index (χ1) is 7.33. The molecular formula is C12H16N2O. The lowest BCUT2D eigenvalue weighted by atomic mass is 10.2. The Morgan fingerprint density at radius 2 is 2.00 bits per heavy atom. The lowest BCUT2D eigenvalue weighted by Gasteiger charge is -2.12. The number of benzene rings is 1. The molecule has 0 heterocycles. The molecule has 0 aliphatic rings.